The maximum atomic E-state index is 8.33. The normalized spacial score (nSPS) is 16.0. The fourth-order valence-corrected chi connectivity index (χ4v) is 0.820. The molecule has 0 aliphatic rings. The molecule has 0 aliphatic heterocycles. The molecule has 56 valence electrons. The Morgan fingerprint density at radius 2 is 1.89 bits per heavy atom. The average molecular weight is 154 g/mol. The van der Waals surface area contributed by atoms with Crippen LogP contribution >= 0.6 is 0 Å². The Labute approximate surface area is 55.1 Å². The first-order chi connectivity index (χ1) is 4.02. The third-order valence-electron chi connectivity index (χ3n) is 0.882. The van der Waals surface area contributed by atoms with Crippen molar-refractivity contribution in [2.75, 3.05) is 6.61 Å². The van der Waals surface area contributed by atoms with Gasteiger partial charge >= 0.3 is 5.97 Å². The minimum absolute atomic E-state index is 0.223. The minimum Gasteiger partial charge on any atom is -0.416 e. The first-order valence-corrected chi connectivity index (χ1v) is 3.14. The smallest absolute Gasteiger partial charge is 0.304 e. The molecule has 0 rings (SSSR count). The van der Waals surface area contributed by atoms with Crippen LogP contribution in [-0.2, 0) is 4.43 Å². The molecule has 0 bridgehead atoms. The summed E-state index contributed by atoms with van der Waals surface area (Å²) in [5.74, 6) is -2.92. The van der Waals surface area contributed by atoms with Crippen LogP contribution < -0.4 is 0 Å². The highest BCUT2D eigenvalue weighted by molar-refractivity contribution is 5.98. The molecule has 0 radical (unpaired) electrons. The average Bonchev–Trinajstić information content (AvgIpc) is 1.65. The van der Waals surface area contributed by atoms with Crippen LogP contribution in [0.1, 0.15) is 0 Å². The molecule has 0 heterocycles. The van der Waals surface area contributed by atoms with Gasteiger partial charge in [0.2, 0.25) is 0 Å². The molecule has 0 saturated carbocycles. The van der Waals surface area contributed by atoms with Gasteiger partial charge in [-0.25, -0.2) is 0 Å². The fraction of sp³-hybridized carbons (Fsp3) is 1.00. The number of hydrogen-bond donors (Lipinski definition) is 4. The zero-order valence-corrected chi connectivity index (χ0v) is 6.98. The topological polar surface area (TPSA) is 90.2 Å². The van der Waals surface area contributed by atoms with Crippen molar-refractivity contribution in [3.8, 4) is 0 Å². The number of hydrogen-bond acceptors (Lipinski definition) is 5. The lowest BCUT2D eigenvalue weighted by molar-refractivity contribution is -0.352. The van der Waals surface area contributed by atoms with E-state index in [9.17, 15) is 0 Å². The lowest BCUT2D eigenvalue weighted by atomic mass is 10.3. The standard InChI is InChI=1S/C3H10O5Si/c4-1-2(8-9)3(5,6)7/h2,4-7H,1H2,9H3. The Hall–Kier alpha value is 0.0169. The van der Waals surface area contributed by atoms with E-state index in [1.165, 1.54) is 0 Å². The van der Waals surface area contributed by atoms with E-state index in [0.29, 0.717) is 0 Å². The molecule has 0 aromatic heterocycles. The monoisotopic (exact) mass is 154 g/mol. The highest BCUT2D eigenvalue weighted by Gasteiger charge is 2.30. The third kappa shape index (κ3) is 2.89. The summed E-state index contributed by atoms with van der Waals surface area (Å²) in [7, 11) is 0.223. The van der Waals surface area contributed by atoms with Crippen LogP contribution in [0, 0.1) is 0 Å². The van der Waals surface area contributed by atoms with Crippen LogP contribution in [0.2, 0.25) is 0 Å². The van der Waals surface area contributed by atoms with Crippen LogP contribution in [0.4, 0.5) is 0 Å². The van der Waals surface area contributed by atoms with Crippen LogP contribution in [0.3, 0.4) is 0 Å². The summed E-state index contributed by atoms with van der Waals surface area (Å²) in [5, 5.41) is 33.3. The Kier molecular flexibility index (Phi) is 3.26. The number of aliphatic hydroxyl groups excluding tert-OH is 1. The van der Waals surface area contributed by atoms with Crippen molar-refractivity contribution in [1.82, 2.24) is 0 Å². The molecule has 0 aromatic carbocycles. The first-order valence-electron chi connectivity index (χ1n) is 2.33. The first kappa shape index (κ1) is 9.02. The molecule has 0 aromatic rings. The van der Waals surface area contributed by atoms with Crippen molar-refractivity contribution < 1.29 is 24.9 Å². The van der Waals surface area contributed by atoms with Crippen molar-refractivity contribution >= 4 is 10.5 Å². The molecular weight excluding hydrogens is 144 g/mol. The molecule has 6 heteroatoms. The van der Waals surface area contributed by atoms with Gasteiger partial charge in [-0.2, -0.15) is 0 Å². The SMILES string of the molecule is OCC(O[SiH3])C(O)(O)O. The lowest BCUT2D eigenvalue weighted by Gasteiger charge is -2.22. The lowest BCUT2D eigenvalue weighted by Crippen LogP contribution is -2.45. The van der Waals surface area contributed by atoms with Gasteiger partial charge in [0.25, 0.3) is 0 Å². The van der Waals surface area contributed by atoms with Crippen molar-refractivity contribution in [2.45, 2.75) is 12.1 Å². The summed E-state index contributed by atoms with van der Waals surface area (Å²) in [5.41, 5.74) is 0. The third-order valence-corrected chi connectivity index (χ3v) is 1.45. The maximum Gasteiger partial charge on any atom is 0.304 e. The van der Waals surface area contributed by atoms with Crippen molar-refractivity contribution in [3.05, 3.63) is 0 Å². The predicted molar refractivity (Wildman–Crippen MR) is 31.3 cm³/mol. The second-order valence-electron chi connectivity index (χ2n) is 1.59. The summed E-state index contributed by atoms with van der Waals surface area (Å²) < 4.78 is 4.40. The molecule has 0 aliphatic carbocycles. The van der Waals surface area contributed by atoms with E-state index in [2.05, 4.69) is 4.43 Å². The second-order valence-corrected chi connectivity index (χ2v) is 2.07. The van der Waals surface area contributed by atoms with Crippen molar-refractivity contribution in [2.24, 2.45) is 0 Å². The Morgan fingerprint density at radius 3 is 1.89 bits per heavy atom. The summed E-state index contributed by atoms with van der Waals surface area (Å²) >= 11 is 0. The highest BCUT2D eigenvalue weighted by Crippen LogP contribution is 2.03. The molecule has 1 unspecified atom stereocenters. The molecule has 5 nitrogen and oxygen atoms in total. The van der Waals surface area contributed by atoms with Crippen molar-refractivity contribution in [1.29, 1.82) is 0 Å². The van der Waals surface area contributed by atoms with Crippen molar-refractivity contribution in [3.63, 3.8) is 0 Å². The highest BCUT2D eigenvalue weighted by atomic mass is 28.2. The van der Waals surface area contributed by atoms with Gasteiger partial charge in [0.15, 0.2) is 0 Å². The minimum atomic E-state index is -2.92. The van der Waals surface area contributed by atoms with E-state index in [-0.39, 0.29) is 10.5 Å². The molecular formula is C3H10O5Si. The summed E-state index contributed by atoms with van der Waals surface area (Å²) in [4.78, 5) is 0. The molecule has 4 N–H and O–H groups in total. The molecule has 0 fully saturated rings. The Balaban J connectivity index is 3.79. The van der Waals surface area contributed by atoms with Gasteiger partial charge in [-0.15, -0.1) is 0 Å². The summed E-state index contributed by atoms with van der Waals surface area (Å²) in [6.45, 7) is -0.618. The van der Waals surface area contributed by atoms with Gasteiger partial charge in [-0.05, 0) is 0 Å². The van der Waals surface area contributed by atoms with Gasteiger partial charge < -0.3 is 24.9 Å². The largest absolute Gasteiger partial charge is 0.416 e. The quantitative estimate of drug-likeness (QED) is 0.248. The van der Waals surface area contributed by atoms with Gasteiger partial charge in [-0.1, -0.05) is 0 Å². The van der Waals surface area contributed by atoms with Gasteiger partial charge in [0.1, 0.15) is 16.6 Å². The molecule has 0 saturated heterocycles. The van der Waals surface area contributed by atoms with E-state index in [1.54, 1.807) is 0 Å². The predicted octanol–water partition coefficient (Wildman–Crippen LogP) is -3.72. The Bertz CT molecular complexity index is 74.8. The summed E-state index contributed by atoms with van der Waals surface area (Å²) in [6.07, 6.45) is -1.32. The zero-order chi connectivity index (χ0) is 7.49. The zero-order valence-electron chi connectivity index (χ0n) is 4.98. The van der Waals surface area contributed by atoms with E-state index in [4.69, 9.17) is 20.4 Å². The maximum absolute atomic E-state index is 8.33. The molecule has 0 spiro atoms. The second kappa shape index (κ2) is 3.25. The fourth-order valence-electron chi connectivity index (χ4n) is 0.355. The Morgan fingerprint density at radius 1 is 1.44 bits per heavy atom. The van der Waals surface area contributed by atoms with Gasteiger partial charge in [0.05, 0.1) is 6.61 Å². The van der Waals surface area contributed by atoms with Crippen LogP contribution in [0.5, 0.6) is 0 Å². The van der Waals surface area contributed by atoms with E-state index in [0.717, 1.165) is 0 Å². The molecule has 1 atom stereocenters. The number of aliphatic hydroxyl groups is 4. The molecule has 9 heavy (non-hydrogen) atoms. The summed E-state index contributed by atoms with van der Waals surface area (Å²) in [6, 6.07) is 0. The molecule has 0 amide bonds. The van der Waals surface area contributed by atoms with Gasteiger partial charge in [0, 0.05) is 0 Å². The van der Waals surface area contributed by atoms with E-state index >= 15 is 0 Å². The van der Waals surface area contributed by atoms with Crippen LogP contribution in [0.25, 0.3) is 0 Å². The van der Waals surface area contributed by atoms with Crippen LogP contribution in [-0.4, -0.2) is 49.6 Å². The number of rotatable bonds is 3. The van der Waals surface area contributed by atoms with E-state index < -0.39 is 18.7 Å². The van der Waals surface area contributed by atoms with E-state index in [1.807, 2.05) is 0 Å². The van der Waals surface area contributed by atoms with Crippen LogP contribution in [0.15, 0.2) is 0 Å². The van der Waals surface area contributed by atoms with Gasteiger partial charge in [-0.3, -0.25) is 0 Å².